The van der Waals surface area contributed by atoms with E-state index in [1.54, 1.807) is 10.9 Å². The van der Waals surface area contributed by atoms with Crippen LogP contribution in [-0.4, -0.2) is 19.7 Å². The van der Waals surface area contributed by atoms with Crippen LogP contribution in [-0.2, 0) is 0 Å². The first kappa shape index (κ1) is 9.96. The lowest BCUT2D eigenvalue weighted by molar-refractivity contribution is 0.801. The summed E-state index contributed by atoms with van der Waals surface area (Å²) in [7, 11) is 0. The Morgan fingerprint density at radius 1 is 1.38 bits per heavy atom. The van der Waals surface area contributed by atoms with E-state index in [9.17, 15) is 0 Å². The minimum atomic E-state index is 0.567. The number of aromatic nitrogens is 4. The van der Waals surface area contributed by atoms with Gasteiger partial charge in [-0.2, -0.15) is 5.10 Å². The molecule has 82 valence electrons. The van der Waals surface area contributed by atoms with E-state index in [4.69, 9.17) is 0 Å². The Bertz CT molecular complexity index is 531. The van der Waals surface area contributed by atoms with Crippen LogP contribution in [0, 0.1) is 6.92 Å². The summed E-state index contributed by atoms with van der Waals surface area (Å²) in [6.45, 7) is 2.00. The summed E-state index contributed by atoms with van der Waals surface area (Å²) >= 11 is 3.38. The number of aryl methyl sites for hydroxylation is 1. The molecule has 5 heteroatoms. The zero-order valence-electron chi connectivity index (χ0n) is 8.89. The summed E-state index contributed by atoms with van der Waals surface area (Å²) < 4.78 is 2.72. The van der Waals surface area contributed by atoms with Crippen LogP contribution < -0.4 is 0 Å². The summed E-state index contributed by atoms with van der Waals surface area (Å²) in [6.07, 6.45) is 6.09. The molecular weight excluding hydrogens is 268 g/mol. The van der Waals surface area contributed by atoms with Gasteiger partial charge >= 0.3 is 0 Å². The lowest BCUT2D eigenvalue weighted by Gasteiger charge is -2.04. The summed E-state index contributed by atoms with van der Waals surface area (Å²) in [4.78, 5) is 9.01. The molecule has 2 aromatic rings. The van der Waals surface area contributed by atoms with Crippen molar-refractivity contribution in [2.24, 2.45) is 0 Å². The van der Waals surface area contributed by atoms with Crippen molar-refractivity contribution in [1.82, 2.24) is 19.7 Å². The molecule has 0 aromatic carbocycles. The van der Waals surface area contributed by atoms with Gasteiger partial charge in [0.05, 0.1) is 10.7 Å². The minimum absolute atomic E-state index is 0.567. The number of nitrogens with zero attached hydrogens (tertiary/aromatic N) is 4. The molecule has 0 radical (unpaired) electrons. The fraction of sp³-hybridized carbons (Fsp3) is 0.364. The Labute approximate surface area is 102 Å². The fourth-order valence-electron chi connectivity index (χ4n) is 1.64. The molecule has 1 saturated carbocycles. The van der Waals surface area contributed by atoms with Gasteiger partial charge in [-0.15, -0.1) is 0 Å². The van der Waals surface area contributed by atoms with Gasteiger partial charge in [0.2, 0.25) is 0 Å². The Morgan fingerprint density at radius 2 is 2.19 bits per heavy atom. The first-order valence-electron chi connectivity index (χ1n) is 5.28. The summed E-state index contributed by atoms with van der Waals surface area (Å²) in [5, 5.41) is 4.23. The van der Waals surface area contributed by atoms with Crippen LogP contribution in [0.2, 0.25) is 0 Å². The average molecular weight is 279 g/mol. The molecule has 0 atom stereocenters. The number of hydrogen-bond acceptors (Lipinski definition) is 3. The van der Waals surface area contributed by atoms with Gasteiger partial charge in [0.25, 0.3) is 0 Å². The van der Waals surface area contributed by atoms with E-state index in [0.717, 1.165) is 21.8 Å². The fourth-order valence-corrected chi connectivity index (χ4v) is 1.93. The smallest absolute Gasteiger partial charge is 0.157 e. The van der Waals surface area contributed by atoms with Gasteiger partial charge in [0, 0.05) is 23.9 Å². The Morgan fingerprint density at radius 3 is 2.81 bits per heavy atom. The van der Waals surface area contributed by atoms with Crippen molar-refractivity contribution in [3.63, 3.8) is 0 Å². The van der Waals surface area contributed by atoms with Gasteiger partial charge in [-0.25, -0.2) is 14.6 Å². The first-order chi connectivity index (χ1) is 7.72. The van der Waals surface area contributed by atoms with Crippen molar-refractivity contribution in [2.75, 3.05) is 0 Å². The van der Waals surface area contributed by atoms with Crippen LogP contribution >= 0.6 is 15.9 Å². The maximum Gasteiger partial charge on any atom is 0.157 e. The molecule has 0 bridgehead atoms. The third-order valence-corrected chi connectivity index (χ3v) is 3.00. The zero-order chi connectivity index (χ0) is 11.1. The molecule has 1 aliphatic carbocycles. The van der Waals surface area contributed by atoms with Crippen LogP contribution in [0.1, 0.15) is 30.3 Å². The molecule has 2 aromatic heterocycles. The summed E-state index contributed by atoms with van der Waals surface area (Å²) in [5.74, 6) is 2.37. The summed E-state index contributed by atoms with van der Waals surface area (Å²) in [6, 6.07) is 1.95. The first-order valence-corrected chi connectivity index (χ1v) is 6.08. The maximum absolute atomic E-state index is 4.55. The minimum Gasteiger partial charge on any atom is -0.238 e. The Hall–Kier alpha value is -1.23. The second-order valence-corrected chi connectivity index (χ2v) is 5.02. The maximum atomic E-state index is 4.55. The third-order valence-electron chi connectivity index (χ3n) is 2.59. The van der Waals surface area contributed by atoms with Gasteiger partial charge in [0.1, 0.15) is 5.82 Å². The highest BCUT2D eigenvalue weighted by molar-refractivity contribution is 9.10. The molecule has 1 aliphatic rings. The molecule has 2 heterocycles. The van der Waals surface area contributed by atoms with Gasteiger partial charge in [0.15, 0.2) is 5.82 Å². The van der Waals surface area contributed by atoms with E-state index in [-0.39, 0.29) is 0 Å². The van der Waals surface area contributed by atoms with E-state index in [1.165, 1.54) is 12.8 Å². The van der Waals surface area contributed by atoms with Crippen molar-refractivity contribution < 1.29 is 0 Å². The van der Waals surface area contributed by atoms with Crippen LogP contribution in [0.5, 0.6) is 0 Å². The monoisotopic (exact) mass is 278 g/mol. The van der Waals surface area contributed by atoms with Crippen molar-refractivity contribution in [3.05, 3.63) is 34.5 Å². The zero-order valence-corrected chi connectivity index (χ0v) is 10.5. The molecule has 0 aliphatic heterocycles. The van der Waals surface area contributed by atoms with Gasteiger partial charge in [-0.3, -0.25) is 0 Å². The van der Waals surface area contributed by atoms with Gasteiger partial charge < -0.3 is 0 Å². The number of hydrogen-bond donors (Lipinski definition) is 0. The van der Waals surface area contributed by atoms with Crippen molar-refractivity contribution >= 4 is 15.9 Å². The molecule has 16 heavy (non-hydrogen) atoms. The highest BCUT2D eigenvalue weighted by Crippen LogP contribution is 2.38. The predicted octanol–water partition coefficient (Wildman–Crippen LogP) is 2.61. The third kappa shape index (κ3) is 1.87. The Kier molecular flexibility index (Phi) is 2.28. The van der Waals surface area contributed by atoms with E-state index < -0.39 is 0 Å². The average Bonchev–Trinajstić information content (AvgIpc) is 3.01. The standard InChI is InChI=1S/C11H11BrN4/c1-7-4-10(16-6-9(12)5-13-16)15-11(14-7)8-2-3-8/h4-6,8H,2-3H2,1H3. The molecule has 3 rings (SSSR count). The molecule has 0 N–H and O–H groups in total. The second-order valence-electron chi connectivity index (χ2n) is 4.10. The van der Waals surface area contributed by atoms with E-state index in [0.29, 0.717) is 5.92 Å². The largest absolute Gasteiger partial charge is 0.238 e. The van der Waals surface area contributed by atoms with Gasteiger partial charge in [-0.1, -0.05) is 0 Å². The normalized spacial score (nSPS) is 15.4. The lowest BCUT2D eigenvalue weighted by atomic mass is 10.3. The van der Waals surface area contributed by atoms with Crippen LogP contribution in [0.4, 0.5) is 0 Å². The molecule has 1 fully saturated rings. The highest BCUT2D eigenvalue weighted by atomic mass is 79.9. The van der Waals surface area contributed by atoms with Gasteiger partial charge in [-0.05, 0) is 35.7 Å². The lowest BCUT2D eigenvalue weighted by Crippen LogP contribution is -2.03. The molecule has 0 unspecified atom stereocenters. The molecule has 0 spiro atoms. The molecule has 0 amide bonds. The predicted molar refractivity (Wildman–Crippen MR) is 63.6 cm³/mol. The van der Waals surface area contributed by atoms with Crippen LogP contribution in [0.3, 0.4) is 0 Å². The van der Waals surface area contributed by atoms with Crippen molar-refractivity contribution in [2.45, 2.75) is 25.7 Å². The van der Waals surface area contributed by atoms with Crippen molar-refractivity contribution in [3.8, 4) is 5.82 Å². The molecule has 0 saturated heterocycles. The molecular formula is C11H11BrN4. The molecule has 4 nitrogen and oxygen atoms in total. The second kappa shape index (κ2) is 3.66. The van der Waals surface area contributed by atoms with Crippen molar-refractivity contribution in [1.29, 1.82) is 0 Å². The topological polar surface area (TPSA) is 43.6 Å². The quantitative estimate of drug-likeness (QED) is 0.848. The van der Waals surface area contributed by atoms with E-state index >= 15 is 0 Å². The Balaban J connectivity index is 2.06. The van der Waals surface area contributed by atoms with Crippen LogP contribution in [0.15, 0.2) is 22.9 Å². The van der Waals surface area contributed by atoms with E-state index in [2.05, 4.69) is 31.0 Å². The number of rotatable bonds is 2. The summed E-state index contributed by atoms with van der Waals surface area (Å²) in [5.41, 5.74) is 0.999. The SMILES string of the molecule is Cc1cc(-n2cc(Br)cn2)nc(C2CC2)n1. The van der Waals surface area contributed by atoms with Crippen LogP contribution in [0.25, 0.3) is 5.82 Å². The number of halogens is 1. The highest BCUT2D eigenvalue weighted by Gasteiger charge is 2.27. The van der Waals surface area contributed by atoms with E-state index in [1.807, 2.05) is 19.2 Å².